The third kappa shape index (κ3) is 4.05. The minimum Gasteiger partial charge on any atom is -0.480 e. The number of aliphatic carboxylic acids is 1. The minimum absolute atomic E-state index is 0.151. The van der Waals surface area contributed by atoms with Crippen molar-refractivity contribution in [3.05, 3.63) is 35.9 Å². The molecule has 1 heterocycles. The molecule has 1 saturated heterocycles. The maximum Gasteiger partial charge on any atom is 0.338 e. The third-order valence-corrected chi connectivity index (χ3v) is 3.17. The van der Waals surface area contributed by atoms with Gasteiger partial charge >= 0.3 is 11.9 Å². The highest BCUT2D eigenvalue weighted by Crippen LogP contribution is 2.23. The lowest BCUT2D eigenvalue weighted by Gasteiger charge is -2.13. The van der Waals surface area contributed by atoms with Gasteiger partial charge in [-0.1, -0.05) is 30.3 Å². The Morgan fingerprint density at radius 3 is 2.55 bits per heavy atom. The van der Waals surface area contributed by atoms with Crippen LogP contribution in [-0.4, -0.2) is 47.8 Å². The highest BCUT2D eigenvalue weighted by Gasteiger charge is 2.52. The number of hydrogen-bond donors (Lipinski definition) is 2. The molecule has 0 bridgehead atoms. The number of carbonyl (C=O) groups excluding carboxylic acids is 2. The van der Waals surface area contributed by atoms with Crippen LogP contribution < -0.4 is 5.32 Å². The lowest BCUT2D eigenvalue weighted by atomic mass is 10.1. The topological polar surface area (TPSA) is 105 Å². The second kappa shape index (κ2) is 7.04. The summed E-state index contributed by atoms with van der Waals surface area (Å²) in [6.07, 6.45) is -1.76. The molecule has 1 fully saturated rings. The molecule has 1 unspecified atom stereocenters. The van der Waals surface area contributed by atoms with Gasteiger partial charge < -0.3 is 19.9 Å². The van der Waals surface area contributed by atoms with Crippen LogP contribution in [-0.2, 0) is 30.3 Å². The van der Waals surface area contributed by atoms with Gasteiger partial charge in [-0.15, -0.1) is 0 Å². The quantitative estimate of drug-likeness (QED) is 0.548. The molecule has 7 heteroatoms. The molecule has 0 radical (unpaired) electrons. The van der Waals surface area contributed by atoms with Gasteiger partial charge in [-0.05, 0) is 12.5 Å². The number of rotatable bonds is 7. The van der Waals surface area contributed by atoms with E-state index in [1.165, 1.54) is 0 Å². The van der Waals surface area contributed by atoms with Crippen LogP contribution in [0.25, 0.3) is 0 Å². The van der Waals surface area contributed by atoms with Crippen LogP contribution in [0.1, 0.15) is 12.5 Å². The Balaban J connectivity index is 1.91. The summed E-state index contributed by atoms with van der Waals surface area (Å²) in [6, 6.07) is 7.86. The molecular formula is C15H17NO6. The number of carbonyl (C=O) groups is 3. The number of hydrogen-bond acceptors (Lipinski definition) is 5. The van der Waals surface area contributed by atoms with Crippen LogP contribution in [0.2, 0.25) is 0 Å². The zero-order chi connectivity index (χ0) is 16.1. The molecule has 2 N–H and O–H groups in total. The summed E-state index contributed by atoms with van der Waals surface area (Å²) in [5, 5.41) is 11.6. The van der Waals surface area contributed by atoms with Crippen LogP contribution in [0.5, 0.6) is 0 Å². The van der Waals surface area contributed by atoms with Crippen LogP contribution >= 0.6 is 0 Å². The van der Waals surface area contributed by atoms with Crippen molar-refractivity contribution in [3.8, 4) is 0 Å². The van der Waals surface area contributed by atoms with Crippen molar-refractivity contribution in [2.75, 3.05) is 6.61 Å². The van der Waals surface area contributed by atoms with Crippen molar-refractivity contribution in [2.24, 2.45) is 0 Å². The SMILES string of the molecule is CCOC(=O)[C@H]1O[C@@H]1C(=O)NC(Cc1ccccc1)C(=O)O. The van der Waals surface area contributed by atoms with Gasteiger partial charge in [-0.3, -0.25) is 4.79 Å². The summed E-state index contributed by atoms with van der Waals surface area (Å²) < 4.78 is 9.68. The summed E-state index contributed by atoms with van der Waals surface area (Å²) >= 11 is 0. The molecule has 1 aromatic rings. The Labute approximate surface area is 127 Å². The van der Waals surface area contributed by atoms with E-state index in [0.717, 1.165) is 5.56 Å². The van der Waals surface area contributed by atoms with Crippen molar-refractivity contribution in [3.63, 3.8) is 0 Å². The van der Waals surface area contributed by atoms with Crippen molar-refractivity contribution in [1.29, 1.82) is 0 Å². The first kappa shape index (κ1) is 16.0. The third-order valence-electron chi connectivity index (χ3n) is 3.17. The lowest BCUT2D eigenvalue weighted by Crippen LogP contribution is -2.44. The maximum absolute atomic E-state index is 11.9. The largest absolute Gasteiger partial charge is 0.480 e. The molecule has 1 aliphatic heterocycles. The van der Waals surface area contributed by atoms with E-state index < -0.39 is 36.1 Å². The van der Waals surface area contributed by atoms with Crippen LogP contribution in [0.4, 0.5) is 0 Å². The Morgan fingerprint density at radius 2 is 1.95 bits per heavy atom. The second-order valence-electron chi connectivity index (χ2n) is 4.82. The average Bonchev–Trinajstić information content (AvgIpc) is 3.28. The van der Waals surface area contributed by atoms with Crippen LogP contribution in [0.3, 0.4) is 0 Å². The molecule has 1 amide bonds. The van der Waals surface area contributed by atoms with Gasteiger partial charge in [0.25, 0.3) is 5.91 Å². The van der Waals surface area contributed by atoms with E-state index in [2.05, 4.69) is 5.32 Å². The minimum atomic E-state index is -1.15. The monoisotopic (exact) mass is 307 g/mol. The number of carboxylic acids is 1. The molecular weight excluding hydrogens is 290 g/mol. The van der Waals surface area contributed by atoms with E-state index in [0.29, 0.717) is 0 Å². The Kier molecular flexibility index (Phi) is 5.11. The van der Waals surface area contributed by atoms with E-state index in [-0.39, 0.29) is 13.0 Å². The zero-order valence-electron chi connectivity index (χ0n) is 12.0. The van der Waals surface area contributed by atoms with Crippen LogP contribution in [0, 0.1) is 0 Å². The molecule has 0 aromatic heterocycles. The van der Waals surface area contributed by atoms with Gasteiger partial charge in [-0.2, -0.15) is 0 Å². The van der Waals surface area contributed by atoms with Crippen molar-refractivity contribution < 1.29 is 29.0 Å². The fourth-order valence-corrected chi connectivity index (χ4v) is 2.02. The van der Waals surface area contributed by atoms with E-state index in [1.54, 1.807) is 31.2 Å². The van der Waals surface area contributed by atoms with Crippen molar-refractivity contribution in [1.82, 2.24) is 5.32 Å². The average molecular weight is 307 g/mol. The van der Waals surface area contributed by atoms with Crippen molar-refractivity contribution >= 4 is 17.8 Å². The van der Waals surface area contributed by atoms with Gasteiger partial charge in [-0.25, -0.2) is 9.59 Å². The molecule has 118 valence electrons. The molecule has 22 heavy (non-hydrogen) atoms. The smallest absolute Gasteiger partial charge is 0.338 e. The van der Waals surface area contributed by atoms with Gasteiger partial charge in [0, 0.05) is 6.42 Å². The highest BCUT2D eigenvalue weighted by molar-refractivity contribution is 5.94. The number of carboxylic acid groups (broad SMARTS) is 1. The summed E-state index contributed by atoms with van der Waals surface area (Å²) in [4.78, 5) is 34.6. The summed E-state index contributed by atoms with van der Waals surface area (Å²) in [5.74, 6) is -2.38. The number of epoxide rings is 1. The molecule has 0 saturated carbocycles. The fraction of sp³-hybridized carbons (Fsp3) is 0.400. The molecule has 3 atom stereocenters. The number of amides is 1. The highest BCUT2D eigenvalue weighted by atomic mass is 16.6. The summed E-state index contributed by atoms with van der Waals surface area (Å²) in [5.41, 5.74) is 0.786. The van der Waals surface area contributed by atoms with E-state index in [4.69, 9.17) is 9.47 Å². The first-order chi connectivity index (χ1) is 10.5. The Hall–Kier alpha value is -2.41. The molecule has 1 aliphatic rings. The fourth-order valence-electron chi connectivity index (χ4n) is 2.02. The molecule has 2 rings (SSSR count). The van der Waals surface area contributed by atoms with Crippen molar-refractivity contribution in [2.45, 2.75) is 31.6 Å². The first-order valence-corrected chi connectivity index (χ1v) is 6.92. The standard InChI is InChI=1S/C15H17NO6/c1-2-21-15(20)12-11(22-12)13(17)16-10(14(18)19)8-9-6-4-3-5-7-9/h3-7,10-12H,2,8H2,1H3,(H,16,17)(H,18,19)/t10?,11-,12-/m0/s1. The lowest BCUT2D eigenvalue weighted by molar-refractivity contribution is -0.144. The predicted molar refractivity (Wildman–Crippen MR) is 75.0 cm³/mol. The van der Waals surface area contributed by atoms with Gasteiger partial charge in [0.1, 0.15) is 6.04 Å². The zero-order valence-corrected chi connectivity index (χ0v) is 12.0. The Bertz CT molecular complexity index is 558. The Morgan fingerprint density at radius 1 is 1.27 bits per heavy atom. The molecule has 1 aromatic carbocycles. The summed E-state index contributed by atoms with van der Waals surface area (Å²) in [6.45, 7) is 1.84. The second-order valence-corrected chi connectivity index (χ2v) is 4.82. The normalized spacial score (nSPS) is 20.8. The summed E-state index contributed by atoms with van der Waals surface area (Å²) in [7, 11) is 0. The molecule has 0 spiro atoms. The molecule has 7 nitrogen and oxygen atoms in total. The van der Waals surface area contributed by atoms with Crippen LogP contribution in [0.15, 0.2) is 30.3 Å². The number of ether oxygens (including phenoxy) is 2. The van der Waals surface area contributed by atoms with E-state index in [9.17, 15) is 19.5 Å². The van der Waals surface area contributed by atoms with E-state index in [1.807, 2.05) is 6.07 Å². The molecule has 0 aliphatic carbocycles. The number of benzene rings is 1. The van der Waals surface area contributed by atoms with Gasteiger partial charge in [0.05, 0.1) is 6.61 Å². The predicted octanol–water partition coefficient (Wildman–Crippen LogP) is 0.129. The number of nitrogens with one attached hydrogen (secondary N) is 1. The maximum atomic E-state index is 11.9. The van der Waals surface area contributed by atoms with Gasteiger partial charge in [0.15, 0.2) is 12.2 Å². The first-order valence-electron chi connectivity index (χ1n) is 6.92. The number of esters is 1. The van der Waals surface area contributed by atoms with E-state index >= 15 is 0 Å². The van der Waals surface area contributed by atoms with Gasteiger partial charge in [0.2, 0.25) is 0 Å².